The van der Waals surface area contributed by atoms with Crippen LogP contribution in [0.5, 0.6) is 5.75 Å². The Morgan fingerprint density at radius 2 is 1.96 bits per heavy atom. The Morgan fingerprint density at radius 1 is 1.30 bits per heavy atom. The molecule has 0 bridgehead atoms. The molecule has 0 aliphatic rings. The number of rotatable bonds is 7. The molecule has 0 aromatic heterocycles. The summed E-state index contributed by atoms with van der Waals surface area (Å²) >= 11 is 5.95. The van der Waals surface area contributed by atoms with E-state index >= 15 is 0 Å². The zero-order valence-corrected chi connectivity index (χ0v) is 15.0. The summed E-state index contributed by atoms with van der Waals surface area (Å²) in [4.78, 5) is 25.0. The largest absolute Gasteiger partial charge is 0.495 e. The predicted molar refractivity (Wildman–Crippen MR) is 91.1 cm³/mol. The second kappa shape index (κ2) is 8.74. The van der Waals surface area contributed by atoms with Crippen molar-refractivity contribution >= 4 is 29.1 Å². The lowest BCUT2D eigenvalue weighted by Crippen LogP contribution is -3.15. The number of amides is 2. The quantitative estimate of drug-likeness (QED) is 0.683. The van der Waals surface area contributed by atoms with E-state index in [1.54, 1.807) is 32.2 Å². The SMILES string of the molecule is COc1ccc(Cl)cc1NC(=O)[C@@H](C)[NH+](C)CC(=O)NC(C)C. The van der Waals surface area contributed by atoms with Crippen molar-refractivity contribution in [1.29, 1.82) is 0 Å². The van der Waals surface area contributed by atoms with Crippen molar-refractivity contribution in [2.75, 3.05) is 26.0 Å². The third kappa shape index (κ3) is 6.08. The van der Waals surface area contributed by atoms with Crippen LogP contribution in [0.3, 0.4) is 0 Å². The van der Waals surface area contributed by atoms with Gasteiger partial charge in [-0.05, 0) is 39.0 Å². The molecule has 0 aliphatic carbocycles. The second-order valence-corrected chi connectivity index (χ2v) is 6.24. The fourth-order valence-electron chi connectivity index (χ4n) is 2.02. The molecule has 1 aromatic carbocycles. The summed E-state index contributed by atoms with van der Waals surface area (Å²) < 4.78 is 5.21. The van der Waals surface area contributed by atoms with Crippen molar-refractivity contribution in [2.24, 2.45) is 0 Å². The number of likely N-dealkylation sites (N-methyl/N-ethyl adjacent to an activating group) is 1. The average Bonchev–Trinajstić information content (AvgIpc) is 2.45. The lowest BCUT2D eigenvalue weighted by Gasteiger charge is -2.21. The molecule has 0 spiro atoms. The third-order valence-electron chi connectivity index (χ3n) is 3.44. The molecule has 0 radical (unpaired) electrons. The Morgan fingerprint density at radius 3 is 2.52 bits per heavy atom. The molecule has 0 aliphatic heterocycles. The van der Waals surface area contributed by atoms with Crippen LogP contribution < -0.4 is 20.3 Å². The average molecular weight is 343 g/mol. The van der Waals surface area contributed by atoms with Crippen molar-refractivity contribution in [3.8, 4) is 5.75 Å². The molecular weight excluding hydrogens is 318 g/mol. The number of benzene rings is 1. The van der Waals surface area contributed by atoms with Crippen LogP contribution >= 0.6 is 11.6 Å². The van der Waals surface area contributed by atoms with E-state index in [4.69, 9.17) is 16.3 Å². The van der Waals surface area contributed by atoms with E-state index in [-0.39, 0.29) is 24.4 Å². The first-order valence-electron chi connectivity index (χ1n) is 7.50. The van der Waals surface area contributed by atoms with Crippen LogP contribution in [0, 0.1) is 0 Å². The number of hydrogen-bond acceptors (Lipinski definition) is 3. The van der Waals surface area contributed by atoms with Crippen molar-refractivity contribution in [3.63, 3.8) is 0 Å². The smallest absolute Gasteiger partial charge is 0.282 e. The van der Waals surface area contributed by atoms with E-state index in [1.165, 1.54) is 7.11 Å². The molecule has 6 nitrogen and oxygen atoms in total. The molecule has 1 unspecified atom stereocenters. The minimum Gasteiger partial charge on any atom is -0.495 e. The lowest BCUT2D eigenvalue weighted by atomic mass is 10.2. The lowest BCUT2D eigenvalue weighted by molar-refractivity contribution is -0.885. The van der Waals surface area contributed by atoms with E-state index in [0.29, 0.717) is 16.5 Å². The number of halogens is 1. The van der Waals surface area contributed by atoms with Crippen LogP contribution in [-0.2, 0) is 9.59 Å². The topological polar surface area (TPSA) is 71.9 Å². The molecule has 23 heavy (non-hydrogen) atoms. The van der Waals surface area contributed by atoms with E-state index in [0.717, 1.165) is 4.90 Å². The summed E-state index contributed by atoms with van der Waals surface area (Å²) in [7, 11) is 3.33. The van der Waals surface area contributed by atoms with E-state index in [2.05, 4.69) is 10.6 Å². The maximum atomic E-state index is 12.4. The van der Waals surface area contributed by atoms with Gasteiger partial charge in [0, 0.05) is 11.1 Å². The zero-order valence-electron chi connectivity index (χ0n) is 14.2. The van der Waals surface area contributed by atoms with Crippen LogP contribution in [0.2, 0.25) is 5.02 Å². The Kier molecular flexibility index (Phi) is 7.32. The van der Waals surface area contributed by atoms with Crippen molar-refractivity contribution in [1.82, 2.24) is 5.32 Å². The van der Waals surface area contributed by atoms with E-state index in [9.17, 15) is 9.59 Å². The number of quaternary nitrogens is 1. The van der Waals surface area contributed by atoms with Gasteiger partial charge in [-0.3, -0.25) is 9.59 Å². The predicted octanol–water partition coefficient (Wildman–Crippen LogP) is 0.715. The fraction of sp³-hybridized carbons (Fsp3) is 0.500. The van der Waals surface area contributed by atoms with Gasteiger partial charge in [0.25, 0.3) is 11.8 Å². The highest BCUT2D eigenvalue weighted by atomic mass is 35.5. The Labute approximate surface area is 142 Å². The minimum atomic E-state index is -0.406. The number of anilines is 1. The van der Waals surface area contributed by atoms with Gasteiger partial charge in [-0.2, -0.15) is 0 Å². The number of methoxy groups -OCH3 is 1. The number of carbonyl (C=O) groups excluding carboxylic acids is 2. The van der Waals surface area contributed by atoms with E-state index < -0.39 is 6.04 Å². The molecule has 0 fully saturated rings. The summed E-state index contributed by atoms with van der Waals surface area (Å²) in [5.74, 6) is 0.239. The van der Waals surface area contributed by atoms with Crippen molar-refractivity contribution < 1.29 is 19.2 Å². The summed E-state index contributed by atoms with van der Waals surface area (Å²) in [6.45, 7) is 5.79. The molecule has 1 aromatic rings. The normalized spacial score (nSPS) is 13.3. The Bertz CT molecular complexity index is 564. The van der Waals surface area contributed by atoms with Crippen LogP contribution in [0.4, 0.5) is 5.69 Å². The maximum absolute atomic E-state index is 12.4. The first kappa shape index (κ1) is 19.3. The fourth-order valence-corrected chi connectivity index (χ4v) is 2.19. The first-order chi connectivity index (χ1) is 10.7. The van der Waals surface area contributed by atoms with Gasteiger partial charge in [0.15, 0.2) is 12.6 Å². The second-order valence-electron chi connectivity index (χ2n) is 5.80. The number of ether oxygens (including phenoxy) is 1. The van der Waals surface area contributed by atoms with Gasteiger partial charge in [0.1, 0.15) is 5.75 Å². The monoisotopic (exact) mass is 342 g/mol. The van der Waals surface area contributed by atoms with Gasteiger partial charge >= 0.3 is 0 Å². The van der Waals surface area contributed by atoms with Crippen molar-refractivity contribution in [2.45, 2.75) is 32.9 Å². The van der Waals surface area contributed by atoms with E-state index in [1.807, 2.05) is 13.8 Å². The van der Waals surface area contributed by atoms with Crippen LogP contribution in [0.25, 0.3) is 0 Å². The molecule has 1 rings (SSSR count). The molecule has 0 saturated heterocycles. The Hall–Kier alpha value is -1.79. The molecule has 3 N–H and O–H groups in total. The van der Waals surface area contributed by atoms with Gasteiger partial charge in [0.2, 0.25) is 0 Å². The standard InChI is InChI=1S/C16H24ClN3O3/c1-10(2)18-15(21)9-20(4)11(3)16(22)19-13-8-12(17)6-7-14(13)23-5/h6-8,10-11H,9H2,1-5H3,(H,18,21)(H,19,22)/p+1/t11-/m1/s1. The summed E-state index contributed by atoms with van der Waals surface area (Å²) in [6, 6.07) is 4.68. The highest BCUT2D eigenvalue weighted by Crippen LogP contribution is 2.27. The maximum Gasteiger partial charge on any atom is 0.282 e. The molecular formula is C16H25ClN3O3+. The molecule has 2 atom stereocenters. The van der Waals surface area contributed by atoms with Crippen molar-refractivity contribution in [3.05, 3.63) is 23.2 Å². The molecule has 7 heteroatoms. The minimum absolute atomic E-state index is 0.0788. The number of nitrogens with one attached hydrogen (secondary N) is 3. The highest BCUT2D eigenvalue weighted by Gasteiger charge is 2.25. The molecule has 128 valence electrons. The highest BCUT2D eigenvalue weighted by molar-refractivity contribution is 6.31. The van der Waals surface area contributed by atoms with Gasteiger partial charge in [0.05, 0.1) is 19.8 Å². The van der Waals surface area contributed by atoms with Crippen LogP contribution in [0.1, 0.15) is 20.8 Å². The third-order valence-corrected chi connectivity index (χ3v) is 3.68. The first-order valence-corrected chi connectivity index (χ1v) is 7.88. The zero-order chi connectivity index (χ0) is 17.6. The van der Waals surface area contributed by atoms with Crippen LogP contribution in [0.15, 0.2) is 18.2 Å². The summed E-state index contributed by atoms with van der Waals surface area (Å²) in [6.07, 6.45) is 0. The van der Waals surface area contributed by atoms with Gasteiger partial charge < -0.3 is 20.3 Å². The summed E-state index contributed by atoms with van der Waals surface area (Å²) in [5, 5.41) is 6.12. The van der Waals surface area contributed by atoms with Gasteiger partial charge in [-0.1, -0.05) is 11.6 Å². The molecule has 2 amide bonds. The Balaban J connectivity index is 2.70. The van der Waals surface area contributed by atoms with Gasteiger partial charge in [-0.25, -0.2) is 0 Å². The molecule has 0 saturated carbocycles. The van der Waals surface area contributed by atoms with Crippen LogP contribution in [-0.4, -0.2) is 44.6 Å². The van der Waals surface area contributed by atoms with Gasteiger partial charge in [-0.15, -0.1) is 0 Å². The number of hydrogen-bond donors (Lipinski definition) is 3. The summed E-state index contributed by atoms with van der Waals surface area (Å²) in [5.41, 5.74) is 0.510. The number of carbonyl (C=O) groups is 2. The molecule has 0 heterocycles.